The zero-order valence-corrected chi connectivity index (χ0v) is 29.0. The molecular weight excluding hydrogens is 546 g/mol. The van der Waals surface area contributed by atoms with Gasteiger partial charge in [-0.2, -0.15) is 0 Å². The molecule has 0 radical (unpaired) electrons. The van der Waals surface area contributed by atoms with E-state index < -0.39 is 0 Å². The van der Waals surface area contributed by atoms with Crippen LogP contribution in [0.4, 0.5) is 0 Å². The molecule has 44 heavy (non-hydrogen) atoms. The van der Waals surface area contributed by atoms with Crippen LogP contribution < -0.4 is 0 Å². The largest absolute Gasteiger partial charge is 0.379 e. The number of hydrogen-bond donors (Lipinski definition) is 0. The molecular formula is C39H65NO4. The topological polar surface area (TPSA) is 48.0 Å². The first-order valence-electron chi connectivity index (χ1n) is 18.6. The zero-order chi connectivity index (χ0) is 31.3. The second-order valence-electron chi connectivity index (χ2n) is 16.2. The number of hydrogen-bond acceptors (Lipinski definition) is 4. The highest BCUT2D eigenvalue weighted by Crippen LogP contribution is 2.67. The molecule has 3 saturated carbocycles. The maximum absolute atomic E-state index is 12.1. The Bertz CT molecular complexity index is 993. The lowest BCUT2D eigenvalue weighted by Gasteiger charge is -2.58. The van der Waals surface area contributed by atoms with E-state index in [1.54, 1.807) is 16.7 Å². The first-order valence-corrected chi connectivity index (χ1v) is 18.6. The van der Waals surface area contributed by atoms with Crippen molar-refractivity contribution in [2.24, 2.45) is 52.3 Å². The highest BCUT2D eigenvalue weighted by Gasteiger charge is 2.59. The fourth-order valence-electron chi connectivity index (χ4n) is 10.8. The Balaban J connectivity index is 1.01. The standard InChI is InChI=1S/C39H65NO4/c1-7-40-21-17-30(37(40)41)18-22-42-23-24-43-25-26-44-32-15-19-38(5)31(27-32)11-12-33-35-14-13-34(29(4)10-8-9-28(2)3)39(35,6)20-16-36(33)38/h7,11,28-30,32-36H,1,8-10,12-27H2,2-6H3/t29-,30?,32+,33+,34-,35+,36+,38+,39-/m1/s1. The molecule has 1 heterocycles. The number of likely N-dealkylation sites (tertiary alicyclic amines) is 1. The van der Waals surface area contributed by atoms with Crippen LogP contribution in [0.15, 0.2) is 24.4 Å². The minimum atomic E-state index is 0.0799. The lowest BCUT2D eigenvalue weighted by molar-refractivity contribution is -0.129. The summed E-state index contributed by atoms with van der Waals surface area (Å²) in [5.74, 6) is 5.61. The average Bonchev–Trinajstić information content (AvgIpc) is 3.54. The summed E-state index contributed by atoms with van der Waals surface area (Å²) in [5, 5.41) is 0. The van der Waals surface area contributed by atoms with Crippen molar-refractivity contribution in [1.82, 2.24) is 4.90 Å². The molecule has 0 bridgehead atoms. The van der Waals surface area contributed by atoms with Crippen molar-refractivity contribution in [2.75, 3.05) is 39.6 Å². The third kappa shape index (κ3) is 7.36. The van der Waals surface area contributed by atoms with Crippen LogP contribution in [0.5, 0.6) is 0 Å². The first-order chi connectivity index (χ1) is 21.2. The van der Waals surface area contributed by atoms with E-state index in [9.17, 15) is 4.79 Å². The van der Waals surface area contributed by atoms with Gasteiger partial charge in [-0.05, 0) is 117 Å². The van der Waals surface area contributed by atoms with Crippen molar-refractivity contribution in [3.05, 3.63) is 24.4 Å². The molecule has 1 aliphatic heterocycles. The normalized spacial score (nSPS) is 37.5. The Hall–Kier alpha value is -1.17. The monoisotopic (exact) mass is 611 g/mol. The van der Waals surface area contributed by atoms with Crippen molar-refractivity contribution in [2.45, 2.75) is 124 Å². The summed E-state index contributed by atoms with van der Waals surface area (Å²) >= 11 is 0. The number of allylic oxidation sites excluding steroid dienone is 1. The molecule has 0 N–H and O–H groups in total. The molecule has 0 aromatic rings. The van der Waals surface area contributed by atoms with E-state index in [2.05, 4.69) is 47.3 Å². The number of rotatable bonds is 16. The summed E-state index contributed by atoms with van der Waals surface area (Å²) in [4.78, 5) is 13.9. The minimum absolute atomic E-state index is 0.0799. The zero-order valence-electron chi connectivity index (χ0n) is 29.0. The summed E-state index contributed by atoms with van der Waals surface area (Å²) in [7, 11) is 0. The molecule has 5 nitrogen and oxygen atoms in total. The Morgan fingerprint density at radius 1 is 0.955 bits per heavy atom. The number of amides is 1. The van der Waals surface area contributed by atoms with Gasteiger partial charge in [0.15, 0.2) is 0 Å². The lowest BCUT2D eigenvalue weighted by Crippen LogP contribution is -2.51. The summed E-state index contributed by atoms with van der Waals surface area (Å²) in [6.45, 7) is 20.2. The number of carbonyl (C=O) groups excluding carboxylic acids is 1. The highest BCUT2D eigenvalue weighted by atomic mass is 16.5. The minimum Gasteiger partial charge on any atom is -0.379 e. The van der Waals surface area contributed by atoms with Crippen LogP contribution in [0.1, 0.15) is 118 Å². The van der Waals surface area contributed by atoms with Gasteiger partial charge in [0.25, 0.3) is 0 Å². The summed E-state index contributed by atoms with van der Waals surface area (Å²) in [5.41, 5.74) is 2.65. The molecule has 250 valence electrons. The molecule has 5 aliphatic rings. The van der Waals surface area contributed by atoms with Crippen molar-refractivity contribution < 1.29 is 19.0 Å². The Kier molecular flexibility index (Phi) is 11.8. The van der Waals surface area contributed by atoms with Crippen molar-refractivity contribution in [3.63, 3.8) is 0 Å². The quantitative estimate of drug-likeness (QED) is 0.129. The van der Waals surface area contributed by atoms with Gasteiger partial charge < -0.3 is 19.1 Å². The fourth-order valence-corrected chi connectivity index (χ4v) is 10.8. The number of carbonyl (C=O) groups is 1. The predicted octanol–water partition coefficient (Wildman–Crippen LogP) is 8.83. The van der Waals surface area contributed by atoms with E-state index in [1.165, 1.54) is 64.2 Å². The highest BCUT2D eigenvalue weighted by molar-refractivity contribution is 5.81. The molecule has 0 aromatic heterocycles. The SMILES string of the molecule is C=CN1CCC(CCOCCOCCO[C@H]2CC[C@@]3(C)C(=CC[C@H]4[C@@H]5CC[C@H]([C@H](C)CCCC(C)C)[C@@]5(C)CC[C@@H]43)C2)C1=O. The van der Waals surface area contributed by atoms with Gasteiger partial charge in [0, 0.05) is 19.1 Å². The molecule has 9 atom stereocenters. The molecule has 0 aromatic carbocycles. The average molecular weight is 612 g/mol. The van der Waals surface area contributed by atoms with E-state index in [0.29, 0.717) is 50.0 Å². The van der Waals surface area contributed by atoms with Gasteiger partial charge in [0.1, 0.15) is 0 Å². The van der Waals surface area contributed by atoms with E-state index in [1.807, 2.05) is 0 Å². The van der Waals surface area contributed by atoms with Gasteiger partial charge in [0.2, 0.25) is 5.91 Å². The van der Waals surface area contributed by atoms with E-state index in [4.69, 9.17) is 14.2 Å². The van der Waals surface area contributed by atoms with Crippen LogP contribution in [-0.2, 0) is 19.0 Å². The molecule has 5 rings (SSSR count). The van der Waals surface area contributed by atoms with Crippen LogP contribution in [0.2, 0.25) is 0 Å². The smallest absolute Gasteiger partial charge is 0.229 e. The van der Waals surface area contributed by atoms with Crippen LogP contribution in [0.3, 0.4) is 0 Å². The van der Waals surface area contributed by atoms with Gasteiger partial charge >= 0.3 is 0 Å². The molecule has 0 spiro atoms. The maximum atomic E-state index is 12.1. The lowest BCUT2D eigenvalue weighted by atomic mass is 9.47. The summed E-state index contributed by atoms with van der Waals surface area (Å²) < 4.78 is 17.9. The molecule has 4 aliphatic carbocycles. The van der Waals surface area contributed by atoms with Crippen molar-refractivity contribution in [3.8, 4) is 0 Å². The van der Waals surface area contributed by atoms with Gasteiger partial charge in [-0.25, -0.2) is 0 Å². The van der Waals surface area contributed by atoms with E-state index in [-0.39, 0.29) is 11.8 Å². The van der Waals surface area contributed by atoms with Crippen LogP contribution >= 0.6 is 0 Å². The van der Waals surface area contributed by atoms with Gasteiger partial charge in [-0.1, -0.05) is 72.1 Å². The van der Waals surface area contributed by atoms with Crippen molar-refractivity contribution in [1.29, 1.82) is 0 Å². The van der Waals surface area contributed by atoms with E-state index >= 15 is 0 Å². The molecule has 5 heteroatoms. The van der Waals surface area contributed by atoms with Crippen molar-refractivity contribution >= 4 is 5.91 Å². The Morgan fingerprint density at radius 3 is 2.48 bits per heavy atom. The van der Waals surface area contributed by atoms with Gasteiger partial charge in [-0.3, -0.25) is 4.79 Å². The second-order valence-corrected chi connectivity index (χ2v) is 16.2. The number of nitrogens with zero attached hydrogens (tertiary/aromatic N) is 1. The number of fused-ring (bicyclic) bond motifs is 5. The third-order valence-corrected chi connectivity index (χ3v) is 13.4. The van der Waals surface area contributed by atoms with Gasteiger partial charge in [0.05, 0.1) is 32.5 Å². The van der Waals surface area contributed by atoms with Crippen LogP contribution in [0, 0.1) is 52.3 Å². The molecule has 1 unspecified atom stereocenters. The maximum Gasteiger partial charge on any atom is 0.229 e. The molecule has 1 saturated heterocycles. The Labute approximate surface area is 269 Å². The first kappa shape index (κ1) is 34.2. The van der Waals surface area contributed by atoms with Crippen LogP contribution in [-0.4, -0.2) is 56.5 Å². The fraction of sp³-hybridized carbons (Fsp3) is 0.872. The van der Waals surface area contributed by atoms with E-state index in [0.717, 1.165) is 61.3 Å². The van der Waals surface area contributed by atoms with Crippen LogP contribution in [0.25, 0.3) is 0 Å². The second kappa shape index (κ2) is 15.2. The summed E-state index contributed by atoms with van der Waals surface area (Å²) in [6.07, 6.45) is 21.3. The molecule has 1 amide bonds. The number of ether oxygens (including phenoxy) is 3. The predicted molar refractivity (Wildman–Crippen MR) is 179 cm³/mol. The molecule has 4 fully saturated rings. The van der Waals surface area contributed by atoms with Gasteiger partial charge in [-0.15, -0.1) is 0 Å². The summed E-state index contributed by atoms with van der Waals surface area (Å²) in [6, 6.07) is 0. The Morgan fingerprint density at radius 2 is 1.73 bits per heavy atom. The third-order valence-electron chi connectivity index (χ3n) is 13.4.